The van der Waals surface area contributed by atoms with Crippen molar-refractivity contribution >= 4 is 37.6 Å². The number of benzene rings is 2. The van der Waals surface area contributed by atoms with E-state index in [1.165, 1.54) is 24.3 Å². The SMILES string of the molecule is C=CC1=C(C=C)C2(OC1=O)c1ccc(N)c(S(=O)(=O)O)c1Oc1c2ccc(N)c1S(=O)(=O)O. The molecule has 2 heterocycles. The molecule has 0 amide bonds. The summed E-state index contributed by atoms with van der Waals surface area (Å²) in [7, 11) is -10.1. The van der Waals surface area contributed by atoms with Gasteiger partial charge in [-0.2, -0.15) is 16.8 Å². The lowest BCUT2D eigenvalue weighted by molar-refractivity contribution is -0.144. The van der Waals surface area contributed by atoms with Crippen LogP contribution in [-0.4, -0.2) is 31.9 Å². The average molecular weight is 492 g/mol. The fraction of sp³-hybridized carbons (Fsp3) is 0.0500. The summed E-state index contributed by atoms with van der Waals surface area (Å²) in [5, 5.41) is 0. The summed E-state index contributed by atoms with van der Waals surface area (Å²) < 4.78 is 79.7. The number of hydrogen-bond acceptors (Lipinski definition) is 9. The zero-order chi connectivity index (χ0) is 24.5. The zero-order valence-corrected chi connectivity index (χ0v) is 18.2. The number of anilines is 2. The number of carbonyl (C=O) groups excluding carboxylic acids is 1. The Kier molecular flexibility index (Phi) is 4.73. The van der Waals surface area contributed by atoms with Gasteiger partial charge < -0.3 is 20.9 Å². The molecule has 2 aliphatic rings. The van der Waals surface area contributed by atoms with Crippen molar-refractivity contribution in [2.24, 2.45) is 0 Å². The maximum absolute atomic E-state index is 12.7. The van der Waals surface area contributed by atoms with Gasteiger partial charge in [0.25, 0.3) is 20.2 Å². The van der Waals surface area contributed by atoms with Crippen molar-refractivity contribution in [3.8, 4) is 11.5 Å². The summed E-state index contributed by atoms with van der Waals surface area (Å²) in [5.74, 6) is -2.13. The molecule has 33 heavy (non-hydrogen) atoms. The number of carbonyl (C=O) groups is 1. The molecule has 0 aliphatic carbocycles. The second-order valence-corrected chi connectivity index (χ2v) is 9.80. The van der Waals surface area contributed by atoms with Crippen LogP contribution in [0.5, 0.6) is 11.5 Å². The lowest BCUT2D eigenvalue weighted by Crippen LogP contribution is -2.35. The summed E-state index contributed by atoms with van der Waals surface area (Å²) in [6, 6.07) is 4.85. The van der Waals surface area contributed by atoms with Gasteiger partial charge in [0.2, 0.25) is 0 Å². The van der Waals surface area contributed by atoms with Crippen LogP contribution < -0.4 is 16.2 Å². The number of esters is 1. The van der Waals surface area contributed by atoms with Crippen molar-refractivity contribution in [1.29, 1.82) is 0 Å². The minimum absolute atomic E-state index is 0.0424. The molecule has 2 aromatic carbocycles. The Balaban J connectivity index is 2.30. The molecule has 0 saturated carbocycles. The molecule has 11 nitrogen and oxygen atoms in total. The van der Waals surface area contributed by atoms with Crippen LogP contribution >= 0.6 is 0 Å². The second kappa shape index (κ2) is 6.92. The highest BCUT2D eigenvalue weighted by Crippen LogP contribution is 2.60. The molecule has 1 spiro atoms. The predicted molar refractivity (Wildman–Crippen MR) is 116 cm³/mol. The van der Waals surface area contributed by atoms with Gasteiger partial charge in [-0.25, -0.2) is 4.79 Å². The first kappa shape index (κ1) is 22.5. The van der Waals surface area contributed by atoms with Crippen LogP contribution in [0.25, 0.3) is 0 Å². The number of ether oxygens (including phenoxy) is 2. The highest BCUT2D eigenvalue weighted by Gasteiger charge is 2.55. The Morgan fingerprint density at radius 3 is 1.67 bits per heavy atom. The van der Waals surface area contributed by atoms with Crippen LogP contribution in [0.2, 0.25) is 0 Å². The Hall–Kier alpha value is -3.65. The van der Waals surface area contributed by atoms with E-state index in [0.717, 1.165) is 12.1 Å². The summed E-state index contributed by atoms with van der Waals surface area (Å²) in [4.78, 5) is 10.9. The van der Waals surface area contributed by atoms with Crippen molar-refractivity contribution in [3.63, 3.8) is 0 Å². The van der Waals surface area contributed by atoms with Crippen molar-refractivity contribution < 1.29 is 40.2 Å². The van der Waals surface area contributed by atoms with Gasteiger partial charge in [0.15, 0.2) is 26.9 Å². The van der Waals surface area contributed by atoms with Gasteiger partial charge in [0, 0.05) is 16.7 Å². The molecule has 0 unspecified atom stereocenters. The first-order valence-electron chi connectivity index (χ1n) is 9.00. The minimum Gasteiger partial charge on any atom is -0.453 e. The molecule has 13 heteroatoms. The van der Waals surface area contributed by atoms with Gasteiger partial charge >= 0.3 is 5.97 Å². The summed E-state index contributed by atoms with van der Waals surface area (Å²) >= 11 is 0. The van der Waals surface area contributed by atoms with Gasteiger partial charge in [-0.15, -0.1) is 0 Å². The van der Waals surface area contributed by atoms with E-state index >= 15 is 0 Å². The molecule has 0 atom stereocenters. The third-order valence-corrected chi connectivity index (χ3v) is 7.18. The average Bonchev–Trinajstić information content (AvgIpc) is 2.97. The van der Waals surface area contributed by atoms with E-state index in [0.29, 0.717) is 0 Å². The highest BCUT2D eigenvalue weighted by atomic mass is 32.2. The van der Waals surface area contributed by atoms with Gasteiger partial charge in [-0.1, -0.05) is 25.3 Å². The maximum atomic E-state index is 12.7. The third kappa shape index (κ3) is 2.97. The lowest BCUT2D eigenvalue weighted by Gasteiger charge is -2.38. The fourth-order valence-electron chi connectivity index (χ4n) is 4.09. The van der Waals surface area contributed by atoms with Gasteiger partial charge in [-0.05, 0) is 24.3 Å². The van der Waals surface area contributed by atoms with E-state index in [9.17, 15) is 30.7 Å². The molecule has 0 radical (unpaired) electrons. The molecule has 0 saturated heterocycles. The summed E-state index contributed by atoms with van der Waals surface area (Å²) in [5.41, 5.74) is 8.48. The molecule has 0 fully saturated rings. The number of nitrogen functional groups attached to an aromatic ring is 2. The predicted octanol–water partition coefficient (Wildman–Crippen LogP) is 1.92. The van der Waals surface area contributed by atoms with Crippen LogP contribution in [-0.2, 0) is 35.4 Å². The Morgan fingerprint density at radius 1 is 0.848 bits per heavy atom. The smallest absolute Gasteiger partial charge is 0.340 e. The maximum Gasteiger partial charge on any atom is 0.340 e. The Morgan fingerprint density at radius 2 is 1.30 bits per heavy atom. The van der Waals surface area contributed by atoms with Crippen molar-refractivity contribution in [1.82, 2.24) is 0 Å². The quantitative estimate of drug-likeness (QED) is 0.276. The zero-order valence-electron chi connectivity index (χ0n) is 16.6. The van der Waals surface area contributed by atoms with Crippen LogP contribution in [0.1, 0.15) is 11.1 Å². The van der Waals surface area contributed by atoms with Crippen molar-refractivity contribution in [2.75, 3.05) is 11.5 Å². The van der Waals surface area contributed by atoms with Crippen molar-refractivity contribution in [2.45, 2.75) is 15.4 Å². The molecular weight excluding hydrogens is 476 g/mol. The topological polar surface area (TPSA) is 196 Å². The molecule has 4 rings (SSSR count). The van der Waals surface area contributed by atoms with Gasteiger partial charge in [-0.3, -0.25) is 9.11 Å². The fourth-order valence-corrected chi connectivity index (χ4v) is 5.59. The standard InChI is InChI=1S/C20H16N2O9S2/c1-3-9-10(4-2)20(31-19(9)23)11-5-7-13(21)17(32(24,25)26)15(11)30-16-12(20)6-8-14(22)18(16)33(27,28)29/h3-8H,1-2,21-22H2,(H,24,25,26)(H,27,28,29). The number of hydrogen-bond donors (Lipinski definition) is 4. The largest absolute Gasteiger partial charge is 0.453 e. The van der Waals surface area contributed by atoms with Crippen LogP contribution in [0.3, 0.4) is 0 Å². The van der Waals surface area contributed by atoms with Crippen LogP contribution in [0.4, 0.5) is 11.4 Å². The first-order chi connectivity index (χ1) is 15.3. The van der Waals surface area contributed by atoms with Crippen molar-refractivity contribution in [3.05, 3.63) is 71.8 Å². The number of rotatable bonds is 4. The lowest BCUT2D eigenvalue weighted by atomic mass is 9.77. The molecule has 0 aromatic heterocycles. The first-order valence-corrected chi connectivity index (χ1v) is 11.9. The third-order valence-electron chi connectivity index (χ3n) is 5.31. The molecule has 6 N–H and O–H groups in total. The second-order valence-electron chi connectivity index (χ2n) is 7.08. The molecular formula is C20H16N2O9S2. The molecule has 0 bridgehead atoms. The van der Waals surface area contributed by atoms with E-state index in [-0.39, 0.29) is 22.3 Å². The van der Waals surface area contributed by atoms with Gasteiger partial charge in [0.05, 0.1) is 16.9 Å². The molecule has 2 aliphatic heterocycles. The molecule has 2 aromatic rings. The van der Waals surface area contributed by atoms with E-state index in [1.807, 2.05) is 0 Å². The number of nitrogens with two attached hydrogens (primary N) is 2. The Labute approximate surface area is 188 Å². The van der Waals surface area contributed by atoms with E-state index in [2.05, 4.69) is 13.2 Å². The van der Waals surface area contributed by atoms with E-state index in [4.69, 9.17) is 20.9 Å². The monoisotopic (exact) mass is 492 g/mol. The van der Waals surface area contributed by atoms with Crippen LogP contribution in [0.15, 0.2) is 70.5 Å². The summed E-state index contributed by atoms with van der Waals surface area (Å²) in [6.07, 6.45) is 2.43. The van der Waals surface area contributed by atoms with Crippen LogP contribution in [0, 0.1) is 0 Å². The Bertz CT molecular complexity index is 1450. The summed E-state index contributed by atoms with van der Waals surface area (Å²) in [6.45, 7) is 7.26. The minimum atomic E-state index is -5.03. The highest BCUT2D eigenvalue weighted by molar-refractivity contribution is 7.86. The van der Waals surface area contributed by atoms with Gasteiger partial charge in [0.1, 0.15) is 0 Å². The van der Waals surface area contributed by atoms with E-state index < -0.39 is 64.5 Å². The van der Waals surface area contributed by atoms with E-state index in [1.54, 1.807) is 0 Å². The normalized spacial score (nSPS) is 16.6. The number of fused-ring (bicyclic) bond motifs is 4. The molecule has 172 valence electrons.